The molecule has 0 radical (unpaired) electrons. The maximum atomic E-state index is 6.49. The minimum Gasteiger partial charge on any atom is -0.455 e. The summed E-state index contributed by atoms with van der Waals surface area (Å²) in [5.74, 6) is 0. The molecule has 0 saturated heterocycles. The van der Waals surface area contributed by atoms with E-state index in [1.54, 1.807) is 0 Å². The summed E-state index contributed by atoms with van der Waals surface area (Å²) in [5.41, 5.74) is 9.35. The molecular formula is C46H28O. The van der Waals surface area contributed by atoms with Crippen molar-refractivity contribution in [2.75, 3.05) is 0 Å². The smallest absolute Gasteiger partial charge is 0.143 e. The SMILES string of the molecule is c1ccc(-c2ccc(-c3c4ccccc4c(-c4cccc5c4ccc4c6ccccc6oc54)c4ccccc34)c3ccccc23)cc1. The molecule has 0 aliphatic heterocycles. The lowest BCUT2D eigenvalue weighted by Crippen LogP contribution is -1.93. The molecule has 0 atom stereocenters. The van der Waals surface area contributed by atoms with Gasteiger partial charge in [-0.1, -0.05) is 158 Å². The number of para-hydroxylation sites is 1. The van der Waals surface area contributed by atoms with Crippen LogP contribution in [0.25, 0.3) is 98.4 Å². The van der Waals surface area contributed by atoms with Gasteiger partial charge in [0.05, 0.1) is 0 Å². The summed E-state index contributed by atoms with van der Waals surface area (Å²) in [7, 11) is 0. The summed E-state index contributed by atoms with van der Waals surface area (Å²) in [5, 5.41) is 12.1. The molecule has 0 bridgehead atoms. The van der Waals surface area contributed by atoms with Crippen molar-refractivity contribution in [2.45, 2.75) is 0 Å². The second-order valence-corrected chi connectivity index (χ2v) is 12.4. The van der Waals surface area contributed by atoms with Gasteiger partial charge in [-0.2, -0.15) is 0 Å². The number of benzene rings is 9. The monoisotopic (exact) mass is 596 g/mol. The van der Waals surface area contributed by atoms with E-state index in [0.717, 1.165) is 27.3 Å². The number of hydrogen-bond acceptors (Lipinski definition) is 1. The van der Waals surface area contributed by atoms with E-state index >= 15 is 0 Å². The molecule has 1 heteroatoms. The predicted molar refractivity (Wildman–Crippen MR) is 200 cm³/mol. The van der Waals surface area contributed by atoms with Gasteiger partial charge in [0.25, 0.3) is 0 Å². The van der Waals surface area contributed by atoms with Gasteiger partial charge in [-0.05, 0) is 83.2 Å². The second-order valence-electron chi connectivity index (χ2n) is 12.4. The third-order valence-corrected chi connectivity index (χ3v) is 9.88. The Morgan fingerprint density at radius 2 is 0.681 bits per heavy atom. The Bertz CT molecular complexity index is 2780. The zero-order valence-corrected chi connectivity index (χ0v) is 25.6. The van der Waals surface area contributed by atoms with Crippen molar-refractivity contribution >= 4 is 65.0 Å². The van der Waals surface area contributed by atoms with Crippen molar-refractivity contribution in [1.29, 1.82) is 0 Å². The topological polar surface area (TPSA) is 13.1 Å². The van der Waals surface area contributed by atoms with Crippen LogP contribution in [0.15, 0.2) is 174 Å². The average Bonchev–Trinajstić information content (AvgIpc) is 3.53. The highest BCUT2D eigenvalue weighted by Gasteiger charge is 2.21. The number of hydrogen-bond donors (Lipinski definition) is 0. The molecule has 0 spiro atoms. The Morgan fingerprint density at radius 3 is 1.34 bits per heavy atom. The van der Waals surface area contributed by atoms with Gasteiger partial charge in [0, 0.05) is 16.2 Å². The van der Waals surface area contributed by atoms with Gasteiger partial charge in [0.1, 0.15) is 11.2 Å². The lowest BCUT2D eigenvalue weighted by atomic mass is 9.83. The molecule has 0 saturated carbocycles. The fraction of sp³-hybridized carbons (Fsp3) is 0. The van der Waals surface area contributed by atoms with E-state index in [-0.39, 0.29) is 0 Å². The highest BCUT2D eigenvalue weighted by Crippen LogP contribution is 2.48. The number of furan rings is 1. The lowest BCUT2D eigenvalue weighted by molar-refractivity contribution is 0.672. The third kappa shape index (κ3) is 3.84. The minimum atomic E-state index is 0.922. The number of fused-ring (bicyclic) bond motifs is 8. The summed E-state index contributed by atoms with van der Waals surface area (Å²) in [4.78, 5) is 0. The first-order valence-corrected chi connectivity index (χ1v) is 16.2. The number of rotatable bonds is 3. The van der Waals surface area contributed by atoms with Gasteiger partial charge in [0.15, 0.2) is 0 Å². The molecule has 10 rings (SSSR count). The summed E-state index contributed by atoms with van der Waals surface area (Å²) in [6, 6.07) is 61.5. The van der Waals surface area contributed by atoms with Crippen molar-refractivity contribution in [2.24, 2.45) is 0 Å². The van der Waals surface area contributed by atoms with Crippen LogP contribution in [0.2, 0.25) is 0 Å². The van der Waals surface area contributed by atoms with Gasteiger partial charge in [-0.15, -0.1) is 0 Å². The van der Waals surface area contributed by atoms with Crippen LogP contribution in [0.1, 0.15) is 0 Å². The van der Waals surface area contributed by atoms with E-state index in [1.807, 2.05) is 6.07 Å². The van der Waals surface area contributed by atoms with Crippen LogP contribution in [-0.2, 0) is 0 Å². The van der Waals surface area contributed by atoms with Crippen molar-refractivity contribution in [3.05, 3.63) is 170 Å². The van der Waals surface area contributed by atoms with Crippen molar-refractivity contribution in [1.82, 2.24) is 0 Å². The largest absolute Gasteiger partial charge is 0.455 e. The molecule has 0 aliphatic rings. The van der Waals surface area contributed by atoms with Gasteiger partial charge in [-0.3, -0.25) is 0 Å². The van der Waals surface area contributed by atoms with E-state index in [1.165, 1.54) is 71.1 Å². The van der Waals surface area contributed by atoms with E-state index in [0.29, 0.717) is 0 Å². The highest BCUT2D eigenvalue weighted by molar-refractivity contribution is 6.27. The standard InChI is InChI=1S/C46H28O/c1-2-13-29(14-3-1)30-25-27-40(32-16-5-4-15-31(30)32)45-38-20-8-6-18-36(38)44(37-19-7-9-21-39(37)45)35-22-12-23-41-33(35)26-28-42-34-17-10-11-24-43(34)47-46(41)42/h1-28H. The quantitative estimate of drug-likeness (QED) is 0.185. The van der Waals surface area contributed by atoms with Crippen LogP contribution < -0.4 is 0 Å². The van der Waals surface area contributed by atoms with Gasteiger partial charge >= 0.3 is 0 Å². The van der Waals surface area contributed by atoms with E-state index in [2.05, 4.69) is 164 Å². The molecule has 218 valence electrons. The Hall–Kier alpha value is -6.18. The maximum absolute atomic E-state index is 6.49. The van der Waals surface area contributed by atoms with Crippen LogP contribution in [0.4, 0.5) is 0 Å². The van der Waals surface area contributed by atoms with Crippen LogP contribution in [-0.4, -0.2) is 0 Å². The lowest BCUT2D eigenvalue weighted by Gasteiger charge is -2.20. The molecule has 0 N–H and O–H groups in total. The zero-order valence-electron chi connectivity index (χ0n) is 25.6. The minimum absolute atomic E-state index is 0.922. The fourth-order valence-electron chi connectivity index (χ4n) is 7.85. The first kappa shape index (κ1) is 26.1. The second kappa shape index (κ2) is 10.2. The fourth-order valence-corrected chi connectivity index (χ4v) is 7.85. The molecule has 9 aromatic carbocycles. The molecule has 0 fully saturated rings. The Kier molecular flexibility index (Phi) is 5.64. The van der Waals surface area contributed by atoms with Gasteiger partial charge < -0.3 is 4.42 Å². The summed E-state index contributed by atoms with van der Waals surface area (Å²) in [6.07, 6.45) is 0. The third-order valence-electron chi connectivity index (χ3n) is 9.88. The first-order valence-electron chi connectivity index (χ1n) is 16.2. The molecule has 1 aromatic heterocycles. The molecule has 0 amide bonds. The summed E-state index contributed by atoms with van der Waals surface area (Å²) >= 11 is 0. The Balaban J connectivity index is 1.30. The molecule has 0 unspecified atom stereocenters. The molecule has 0 aliphatic carbocycles. The Labute approximate surface area is 271 Å². The molecule has 10 aromatic rings. The highest BCUT2D eigenvalue weighted by atomic mass is 16.3. The van der Waals surface area contributed by atoms with E-state index in [4.69, 9.17) is 4.42 Å². The maximum Gasteiger partial charge on any atom is 0.143 e. The van der Waals surface area contributed by atoms with E-state index < -0.39 is 0 Å². The average molecular weight is 597 g/mol. The van der Waals surface area contributed by atoms with Crippen LogP contribution in [0.3, 0.4) is 0 Å². The van der Waals surface area contributed by atoms with Gasteiger partial charge in [-0.25, -0.2) is 0 Å². The van der Waals surface area contributed by atoms with E-state index in [9.17, 15) is 0 Å². The van der Waals surface area contributed by atoms with Crippen molar-refractivity contribution in [3.63, 3.8) is 0 Å². The first-order chi connectivity index (χ1) is 23.3. The molecule has 47 heavy (non-hydrogen) atoms. The predicted octanol–water partition coefficient (Wildman–Crippen LogP) is 13.2. The summed E-state index contributed by atoms with van der Waals surface area (Å²) in [6.45, 7) is 0. The normalized spacial score (nSPS) is 11.8. The molecule has 1 nitrogen and oxygen atoms in total. The molecule has 1 heterocycles. The van der Waals surface area contributed by atoms with Crippen LogP contribution in [0.5, 0.6) is 0 Å². The van der Waals surface area contributed by atoms with Gasteiger partial charge in [0.2, 0.25) is 0 Å². The van der Waals surface area contributed by atoms with Crippen molar-refractivity contribution in [3.8, 4) is 33.4 Å². The Morgan fingerprint density at radius 1 is 0.255 bits per heavy atom. The van der Waals surface area contributed by atoms with Crippen LogP contribution in [0, 0.1) is 0 Å². The molecular weight excluding hydrogens is 569 g/mol. The zero-order chi connectivity index (χ0) is 30.9. The van der Waals surface area contributed by atoms with Crippen molar-refractivity contribution < 1.29 is 4.42 Å². The summed E-state index contributed by atoms with van der Waals surface area (Å²) < 4.78 is 6.49. The van der Waals surface area contributed by atoms with Crippen LogP contribution >= 0.6 is 0 Å².